The molecule has 35 heavy (non-hydrogen) atoms. The Bertz CT molecular complexity index is 1380. The molecule has 3 aromatic carbocycles. The van der Waals surface area contributed by atoms with E-state index in [0.29, 0.717) is 22.8 Å². The molecule has 178 valence electrons. The number of nitro benzene ring substituents is 1. The van der Waals surface area contributed by atoms with E-state index in [2.05, 4.69) is 0 Å². The lowest BCUT2D eigenvalue weighted by atomic mass is 10.1. The average molecular weight is 477 g/mol. The number of benzene rings is 3. The number of ketones is 1. The SMILES string of the molecule is COc1cc(OC)c(OC)cc1/C=C1\Oc2cc(OC(=O)c3cccc([N+](=O)[O-])c3)ccc2C1=O. The number of methoxy groups -OCH3 is 3. The predicted octanol–water partition coefficient (Wildman–Crippen LogP) is 4.46. The molecule has 0 saturated heterocycles. The van der Waals surface area contributed by atoms with Crippen LogP contribution in [0.25, 0.3) is 6.08 Å². The third-order valence-electron chi connectivity index (χ3n) is 5.17. The highest BCUT2D eigenvalue weighted by atomic mass is 16.6. The minimum absolute atomic E-state index is 0.0119. The highest BCUT2D eigenvalue weighted by Gasteiger charge is 2.29. The van der Waals surface area contributed by atoms with Gasteiger partial charge in [-0.05, 0) is 30.3 Å². The van der Waals surface area contributed by atoms with E-state index >= 15 is 0 Å². The van der Waals surface area contributed by atoms with Gasteiger partial charge in [-0.2, -0.15) is 0 Å². The van der Waals surface area contributed by atoms with Gasteiger partial charge in [-0.25, -0.2) is 4.79 Å². The maximum Gasteiger partial charge on any atom is 0.343 e. The van der Waals surface area contributed by atoms with Gasteiger partial charge in [0, 0.05) is 29.8 Å². The van der Waals surface area contributed by atoms with Gasteiger partial charge in [0.2, 0.25) is 5.78 Å². The highest BCUT2D eigenvalue weighted by Crippen LogP contribution is 2.39. The third kappa shape index (κ3) is 4.62. The summed E-state index contributed by atoms with van der Waals surface area (Å²) < 4.78 is 27.0. The first-order valence-corrected chi connectivity index (χ1v) is 10.2. The monoisotopic (exact) mass is 477 g/mol. The zero-order valence-electron chi connectivity index (χ0n) is 18.9. The number of hydrogen-bond donors (Lipinski definition) is 0. The molecule has 10 heteroatoms. The van der Waals surface area contributed by atoms with Crippen molar-refractivity contribution in [3.8, 4) is 28.7 Å². The van der Waals surface area contributed by atoms with Crippen molar-refractivity contribution in [2.75, 3.05) is 21.3 Å². The van der Waals surface area contributed by atoms with E-state index in [0.717, 1.165) is 6.07 Å². The Hall–Kier alpha value is -4.86. The number of nitro groups is 1. The van der Waals surface area contributed by atoms with Gasteiger partial charge in [0.1, 0.15) is 17.2 Å². The molecule has 0 N–H and O–H groups in total. The van der Waals surface area contributed by atoms with Gasteiger partial charge in [0.25, 0.3) is 5.69 Å². The lowest BCUT2D eigenvalue weighted by Gasteiger charge is -2.12. The lowest BCUT2D eigenvalue weighted by Crippen LogP contribution is -2.08. The summed E-state index contributed by atoms with van der Waals surface area (Å²) >= 11 is 0. The number of carbonyl (C=O) groups excluding carboxylic acids is 2. The first kappa shape index (κ1) is 23.3. The number of esters is 1. The number of allylic oxidation sites excluding steroid dienone is 1. The highest BCUT2D eigenvalue weighted by molar-refractivity contribution is 6.14. The van der Waals surface area contributed by atoms with E-state index in [1.165, 1.54) is 63.8 Å². The molecule has 0 atom stereocenters. The summed E-state index contributed by atoms with van der Waals surface area (Å²) in [5.41, 5.74) is 0.588. The molecule has 0 bridgehead atoms. The van der Waals surface area contributed by atoms with Crippen LogP contribution in [0.4, 0.5) is 5.69 Å². The minimum atomic E-state index is -0.788. The molecule has 10 nitrogen and oxygen atoms in total. The molecular formula is C25H19NO9. The van der Waals surface area contributed by atoms with Crippen LogP contribution in [0.1, 0.15) is 26.3 Å². The zero-order chi connectivity index (χ0) is 25.1. The molecule has 0 saturated carbocycles. The largest absolute Gasteiger partial charge is 0.496 e. The number of non-ortho nitro benzene ring substituents is 1. The normalized spacial score (nSPS) is 13.1. The quantitative estimate of drug-likeness (QED) is 0.160. The second-order valence-corrected chi connectivity index (χ2v) is 7.24. The Balaban J connectivity index is 1.59. The Morgan fingerprint density at radius 2 is 1.66 bits per heavy atom. The predicted molar refractivity (Wildman–Crippen MR) is 124 cm³/mol. The van der Waals surface area contributed by atoms with Gasteiger partial charge < -0.3 is 23.7 Å². The maximum atomic E-state index is 12.9. The van der Waals surface area contributed by atoms with Crippen molar-refractivity contribution in [3.63, 3.8) is 0 Å². The standard InChI is InChI=1S/C25H19NO9/c1-31-19-13-22(33-3)21(32-2)10-15(19)11-23-24(27)18-8-7-17(12-20(18)35-23)34-25(28)14-5-4-6-16(9-14)26(29)30/h4-13H,1-3H3/b23-11-. The van der Waals surface area contributed by atoms with Crippen LogP contribution in [-0.2, 0) is 0 Å². The Morgan fingerprint density at radius 1 is 0.943 bits per heavy atom. The molecule has 0 amide bonds. The van der Waals surface area contributed by atoms with Crippen molar-refractivity contribution in [2.45, 2.75) is 0 Å². The molecule has 0 aliphatic carbocycles. The fourth-order valence-electron chi connectivity index (χ4n) is 3.45. The van der Waals surface area contributed by atoms with Gasteiger partial charge >= 0.3 is 5.97 Å². The van der Waals surface area contributed by atoms with Gasteiger partial charge in [0.05, 0.1) is 37.4 Å². The Morgan fingerprint density at radius 3 is 2.34 bits per heavy atom. The number of hydrogen-bond acceptors (Lipinski definition) is 9. The smallest absolute Gasteiger partial charge is 0.343 e. The summed E-state index contributed by atoms with van der Waals surface area (Å²) in [5.74, 6) is 0.532. The van der Waals surface area contributed by atoms with Crippen LogP contribution in [-0.4, -0.2) is 38.0 Å². The van der Waals surface area contributed by atoms with Crippen LogP contribution in [0, 0.1) is 10.1 Å². The average Bonchev–Trinajstić information content (AvgIpc) is 3.17. The number of Topliss-reactive ketones (excluding diaryl/α,β-unsaturated/α-hetero) is 1. The second-order valence-electron chi connectivity index (χ2n) is 7.24. The Kier molecular flexibility index (Phi) is 6.36. The summed E-state index contributed by atoms with van der Waals surface area (Å²) in [6.45, 7) is 0. The van der Waals surface area contributed by atoms with Crippen molar-refractivity contribution in [1.29, 1.82) is 0 Å². The number of fused-ring (bicyclic) bond motifs is 1. The van der Waals surface area contributed by atoms with E-state index in [-0.39, 0.29) is 39.9 Å². The molecule has 0 radical (unpaired) electrons. The summed E-state index contributed by atoms with van der Waals surface area (Å²) in [4.78, 5) is 35.7. The van der Waals surface area contributed by atoms with Gasteiger partial charge in [-0.15, -0.1) is 0 Å². The van der Waals surface area contributed by atoms with Crippen LogP contribution >= 0.6 is 0 Å². The second kappa shape index (κ2) is 9.56. The third-order valence-corrected chi connectivity index (χ3v) is 5.17. The van der Waals surface area contributed by atoms with E-state index in [9.17, 15) is 19.7 Å². The molecule has 0 fully saturated rings. The number of nitrogens with zero attached hydrogens (tertiary/aromatic N) is 1. The zero-order valence-corrected chi connectivity index (χ0v) is 18.9. The van der Waals surface area contributed by atoms with Crippen molar-refractivity contribution in [1.82, 2.24) is 0 Å². The van der Waals surface area contributed by atoms with Crippen LogP contribution in [0.2, 0.25) is 0 Å². The topological polar surface area (TPSA) is 123 Å². The Labute approximate surface area is 199 Å². The molecule has 0 unspecified atom stereocenters. The molecule has 4 rings (SSSR count). The first-order valence-electron chi connectivity index (χ1n) is 10.2. The molecule has 3 aromatic rings. The van der Waals surface area contributed by atoms with Crippen molar-refractivity contribution in [3.05, 3.63) is 87.2 Å². The van der Waals surface area contributed by atoms with Gasteiger partial charge in [-0.1, -0.05) is 6.07 Å². The van der Waals surface area contributed by atoms with E-state index in [4.69, 9.17) is 23.7 Å². The number of rotatable bonds is 7. The van der Waals surface area contributed by atoms with Crippen LogP contribution in [0.15, 0.2) is 60.4 Å². The summed E-state index contributed by atoms with van der Waals surface area (Å²) in [7, 11) is 4.47. The van der Waals surface area contributed by atoms with Crippen LogP contribution in [0.5, 0.6) is 28.7 Å². The van der Waals surface area contributed by atoms with Crippen molar-refractivity contribution < 1.29 is 38.2 Å². The van der Waals surface area contributed by atoms with Gasteiger partial charge in [-0.3, -0.25) is 14.9 Å². The number of ether oxygens (including phenoxy) is 5. The van der Waals surface area contributed by atoms with Crippen molar-refractivity contribution in [2.24, 2.45) is 0 Å². The van der Waals surface area contributed by atoms with Crippen molar-refractivity contribution >= 4 is 23.5 Å². The molecule has 1 heterocycles. The first-order chi connectivity index (χ1) is 16.8. The van der Waals surface area contributed by atoms with E-state index in [1.807, 2.05) is 0 Å². The van der Waals surface area contributed by atoms with E-state index < -0.39 is 10.9 Å². The maximum absolute atomic E-state index is 12.9. The summed E-state index contributed by atoms with van der Waals surface area (Å²) in [6.07, 6.45) is 1.51. The lowest BCUT2D eigenvalue weighted by molar-refractivity contribution is -0.384. The van der Waals surface area contributed by atoms with Crippen LogP contribution < -0.4 is 23.7 Å². The van der Waals surface area contributed by atoms with E-state index in [1.54, 1.807) is 12.1 Å². The summed E-state index contributed by atoms with van der Waals surface area (Å²) in [6, 6.07) is 12.8. The molecule has 1 aliphatic heterocycles. The molecular weight excluding hydrogens is 458 g/mol. The van der Waals surface area contributed by atoms with Crippen LogP contribution in [0.3, 0.4) is 0 Å². The minimum Gasteiger partial charge on any atom is -0.496 e. The van der Waals surface area contributed by atoms with Gasteiger partial charge in [0.15, 0.2) is 17.3 Å². The molecule has 1 aliphatic rings. The number of carbonyl (C=O) groups is 2. The molecule has 0 spiro atoms. The fourth-order valence-corrected chi connectivity index (χ4v) is 3.45. The fraction of sp³-hybridized carbons (Fsp3) is 0.120. The molecule has 0 aromatic heterocycles. The summed E-state index contributed by atoms with van der Waals surface area (Å²) in [5, 5.41) is 10.9.